The Labute approximate surface area is 105 Å². The van der Waals surface area contributed by atoms with Crippen LogP contribution in [0.25, 0.3) is 0 Å². The maximum Gasteiger partial charge on any atom is 0.261 e. The largest absolute Gasteiger partial charge is 0.310 e. The maximum atomic E-state index is 11.5. The number of hydrogen-bond acceptors (Lipinski definition) is 3. The summed E-state index contributed by atoms with van der Waals surface area (Å²) in [5.41, 5.74) is 0.712. The van der Waals surface area contributed by atoms with E-state index in [0.29, 0.717) is 5.69 Å². The van der Waals surface area contributed by atoms with Gasteiger partial charge in [-0.05, 0) is 37.1 Å². The van der Waals surface area contributed by atoms with Crippen molar-refractivity contribution in [3.05, 3.63) is 24.3 Å². The summed E-state index contributed by atoms with van der Waals surface area (Å²) < 4.78 is 22.2. The molecule has 0 radical (unpaired) electrons. The molecule has 92 valence electrons. The first kappa shape index (κ1) is 12.4. The van der Waals surface area contributed by atoms with Gasteiger partial charge in [0, 0.05) is 29.3 Å². The molecule has 2 rings (SSSR count). The molecular weight excluding hydrogens is 262 g/mol. The van der Waals surface area contributed by atoms with Crippen LogP contribution in [0.3, 0.4) is 0 Å². The number of anilines is 1. The molecule has 1 fully saturated rings. The van der Waals surface area contributed by atoms with E-state index in [1.165, 1.54) is 19.1 Å². The summed E-state index contributed by atoms with van der Waals surface area (Å²) in [6, 6.07) is 6.29. The predicted molar refractivity (Wildman–Crippen MR) is 65.7 cm³/mol. The van der Waals surface area contributed by atoms with Gasteiger partial charge in [0.25, 0.3) is 9.05 Å². The second-order valence-corrected chi connectivity index (χ2v) is 6.62. The fourth-order valence-electron chi connectivity index (χ4n) is 1.75. The van der Waals surface area contributed by atoms with Gasteiger partial charge in [0.05, 0.1) is 4.90 Å². The summed E-state index contributed by atoms with van der Waals surface area (Å²) in [6.45, 7) is 1.50. The lowest BCUT2D eigenvalue weighted by molar-refractivity contribution is -0.116. The first-order chi connectivity index (χ1) is 7.89. The van der Waals surface area contributed by atoms with Gasteiger partial charge in [-0.1, -0.05) is 0 Å². The third-order valence-electron chi connectivity index (χ3n) is 2.65. The monoisotopic (exact) mass is 273 g/mol. The molecule has 1 aliphatic rings. The third-order valence-corrected chi connectivity index (χ3v) is 4.02. The Hall–Kier alpha value is -1.07. The fraction of sp³-hybridized carbons (Fsp3) is 0.364. The minimum atomic E-state index is -3.70. The van der Waals surface area contributed by atoms with E-state index in [0.717, 1.165) is 12.8 Å². The van der Waals surface area contributed by atoms with Crippen molar-refractivity contribution in [1.82, 2.24) is 0 Å². The Kier molecular flexibility index (Phi) is 3.14. The molecule has 0 unspecified atom stereocenters. The first-order valence-corrected chi connectivity index (χ1v) is 7.55. The third kappa shape index (κ3) is 2.79. The van der Waals surface area contributed by atoms with Crippen molar-refractivity contribution < 1.29 is 13.2 Å². The normalized spacial score (nSPS) is 15.6. The lowest BCUT2D eigenvalue weighted by atomic mass is 10.3. The van der Waals surface area contributed by atoms with Crippen LogP contribution in [-0.2, 0) is 13.8 Å². The number of amides is 1. The van der Waals surface area contributed by atoms with Crippen molar-refractivity contribution in [1.29, 1.82) is 0 Å². The highest BCUT2D eigenvalue weighted by molar-refractivity contribution is 8.13. The minimum absolute atomic E-state index is 0.0334. The molecule has 1 aliphatic carbocycles. The van der Waals surface area contributed by atoms with E-state index in [4.69, 9.17) is 10.7 Å². The average Bonchev–Trinajstić information content (AvgIpc) is 3.01. The van der Waals surface area contributed by atoms with Crippen molar-refractivity contribution in [2.24, 2.45) is 0 Å². The highest BCUT2D eigenvalue weighted by Gasteiger charge is 2.31. The molecule has 0 atom stereocenters. The number of carbonyl (C=O) groups is 1. The molecule has 0 saturated heterocycles. The molecule has 1 amide bonds. The van der Waals surface area contributed by atoms with E-state index in [-0.39, 0.29) is 16.8 Å². The van der Waals surface area contributed by atoms with Crippen LogP contribution in [0.2, 0.25) is 0 Å². The Morgan fingerprint density at radius 1 is 1.29 bits per heavy atom. The minimum Gasteiger partial charge on any atom is -0.310 e. The molecule has 1 aromatic carbocycles. The Bertz CT molecular complexity index is 534. The molecule has 1 saturated carbocycles. The number of carbonyl (C=O) groups excluding carboxylic acids is 1. The zero-order chi connectivity index (χ0) is 12.6. The van der Waals surface area contributed by atoms with Gasteiger partial charge in [-0.3, -0.25) is 4.79 Å². The quantitative estimate of drug-likeness (QED) is 0.793. The van der Waals surface area contributed by atoms with Gasteiger partial charge in [-0.15, -0.1) is 0 Å². The van der Waals surface area contributed by atoms with Gasteiger partial charge in [0.2, 0.25) is 5.91 Å². The predicted octanol–water partition coefficient (Wildman–Crippen LogP) is 2.13. The molecule has 1 aromatic rings. The van der Waals surface area contributed by atoms with Gasteiger partial charge in [-0.25, -0.2) is 8.42 Å². The van der Waals surface area contributed by atoms with Crippen LogP contribution < -0.4 is 4.90 Å². The van der Waals surface area contributed by atoms with E-state index < -0.39 is 9.05 Å². The molecule has 0 N–H and O–H groups in total. The van der Waals surface area contributed by atoms with E-state index in [9.17, 15) is 13.2 Å². The zero-order valence-corrected chi connectivity index (χ0v) is 10.8. The molecule has 0 aromatic heterocycles. The number of nitrogens with zero attached hydrogens (tertiary/aromatic N) is 1. The zero-order valence-electron chi connectivity index (χ0n) is 9.26. The molecule has 0 bridgehead atoms. The van der Waals surface area contributed by atoms with Crippen LogP contribution in [0.4, 0.5) is 5.69 Å². The molecule has 4 nitrogen and oxygen atoms in total. The second-order valence-electron chi connectivity index (χ2n) is 4.05. The van der Waals surface area contributed by atoms with Crippen molar-refractivity contribution in [3.63, 3.8) is 0 Å². The number of halogens is 1. The fourth-order valence-corrected chi connectivity index (χ4v) is 2.52. The second kappa shape index (κ2) is 4.31. The van der Waals surface area contributed by atoms with Crippen LogP contribution in [0.15, 0.2) is 29.2 Å². The highest BCUT2D eigenvalue weighted by Crippen LogP contribution is 2.32. The Morgan fingerprint density at radius 3 is 2.18 bits per heavy atom. The lowest BCUT2D eigenvalue weighted by Gasteiger charge is -2.20. The molecule has 0 heterocycles. The van der Waals surface area contributed by atoms with Crippen molar-refractivity contribution in [2.45, 2.75) is 30.7 Å². The van der Waals surface area contributed by atoms with E-state index >= 15 is 0 Å². The first-order valence-electron chi connectivity index (χ1n) is 5.24. The summed E-state index contributed by atoms with van der Waals surface area (Å²) in [5, 5.41) is 0. The van der Waals surface area contributed by atoms with Crippen molar-refractivity contribution in [2.75, 3.05) is 4.90 Å². The van der Waals surface area contributed by atoms with E-state index in [2.05, 4.69) is 0 Å². The van der Waals surface area contributed by atoms with Gasteiger partial charge in [0.1, 0.15) is 0 Å². The SMILES string of the molecule is CC(=O)N(c1ccc(S(=O)(=O)Cl)cc1)C1CC1. The van der Waals surface area contributed by atoms with Gasteiger partial charge >= 0.3 is 0 Å². The summed E-state index contributed by atoms with van der Waals surface area (Å²) in [4.78, 5) is 13.2. The Balaban J connectivity index is 2.31. The number of hydrogen-bond donors (Lipinski definition) is 0. The van der Waals surface area contributed by atoms with Gasteiger partial charge in [0.15, 0.2) is 0 Å². The molecule has 6 heteroatoms. The summed E-state index contributed by atoms with van der Waals surface area (Å²) in [5.74, 6) is -0.0334. The summed E-state index contributed by atoms with van der Waals surface area (Å²) in [6.07, 6.45) is 1.99. The topological polar surface area (TPSA) is 54.5 Å². The van der Waals surface area contributed by atoms with Crippen molar-refractivity contribution in [3.8, 4) is 0 Å². The van der Waals surface area contributed by atoms with Gasteiger partial charge in [-0.2, -0.15) is 0 Å². The average molecular weight is 274 g/mol. The summed E-state index contributed by atoms with van der Waals surface area (Å²) in [7, 11) is 1.52. The maximum absolute atomic E-state index is 11.5. The Morgan fingerprint density at radius 2 is 1.82 bits per heavy atom. The van der Waals surface area contributed by atoms with Crippen molar-refractivity contribution >= 4 is 31.3 Å². The van der Waals surface area contributed by atoms with Crippen LogP contribution in [0.5, 0.6) is 0 Å². The van der Waals surface area contributed by atoms with Gasteiger partial charge < -0.3 is 4.90 Å². The van der Waals surface area contributed by atoms with Crippen LogP contribution >= 0.6 is 10.7 Å². The number of rotatable bonds is 3. The molecule has 0 spiro atoms. The van der Waals surface area contributed by atoms with E-state index in [1.807, 2.05) is 0 Å². The summed E-state index contributed by atoms with van der Waals surface area (Å²) >= 11 is 0. The van der Waals surface area contributed by atoms with E-state index in [1.54, 1.807) is 17.0 Å². The number of benzene rings is 1. The van der Waals surface area contributed by atoms with Crippen LogP contribution in [0.1, 0.15) is 19.8 Å². The smallest absolute Gasteiger partial charge is 0.261 e. The molecule has 0 aliphatic heterocycles. The molecule has 17 heavy (non-hydrogen) atoms. The standard InChI is InChI=1S/C11H12ClNO3S/c1-8(14)13(9-2-3-9)10-4-6-11(7-5-10)17(12,15)16/h4-7,9H,2-3H2,1H3. The molecular formula is C11H12ClNO3S. The lowest BCUT2D eigenvalue weighted by Crippen LogP contribution is -2.30. The highest BCUT2D eigenvalue weighted by atomic mass is 35.7. The van der Waals surface area contributed by atoms with Crippen LogP contribution in [-0.4, -0.2) is 20.4 Å². The van der Waals surface area contributed by atoms with Crippen LogP contribution in [0, 0.1) is 0 Å².